The highest BCUT2D eigenvalue weighted by molar-refractivity contribution is 6.46. The summed E-state index contributed by atoms with van der Waals surface area (Å²) >= 11 is 0. The van der Waals surface area contributed by atoms with Crippen molar-refractivity contribution < 1.29 is 19.2 Å². The first-order valence-corrected chi connectivity index (χ1v) is 11.0. The van der Waals surface area contributed by atoms with Crippen molar-refractivity contribution in [1.29, 1.82) is 0 Å². The van der Waals surface area contributed by atoms with E-state index in [-0.39, 0.29) is 17.0 Å². The Morgan fingerprint density at radius 3 is 2.29 bits per heavy atom. The van der Waals surface area contributed by atoms with Crippen LogP contribution in [0.15, 0.2) is 78.5 Å². The molecule has 0 bridgehead atoms. The van der Waals surface area contributed by atoms with Crippen LogP contribution >= 0.6 is 0 Å². The molecule has 0 atom stereocenters. The number of imide groups is 1. The number of hydrogen-bond donors (Lipinski definition) is 0. The van der Waals surface area contributed by atoms with E-state index in [1.807, 2.05) is 36.1 Å². The molecule has 0 N–H and O–H groups in total. The number of carbonyl (C=O) groups excluding carboxylic acids is 2. The summed E-state index contributed by atoms with van der Waals surface area (Å²) in [6.45, 7) is 2.75. The molecule has 2 amide bonds. The highest BCUT2D eigenvalue weighted by Gasteiger charge is 2.45. The van der Waals surface area contributed by atoms with Gasteiger partial charge in [0.15, 0.2) is 0 Å². The van der Waals surface area contributed by atoms with Crippen LogP contribution in [0.4, 0.5) is 17.1 Å². The summed E-state index contributed by atoms with van der Waals surface area (Å²) in [6.07, 6.45) is 0.740. The molecular weight excluding hydrogens is 434 g/mol. The monoisotopic (exact) mass is 455 g/mol. The number of para-hydroxylation sites is 3. The normalized spacial score (nSPS) is 15.2. The van der Waals surface area contributed by atoms with Crippen molar-refractivity contribution in [3.8, 4) is 5.75 Å². The van der Waals surface area contributed by atoms with Crippen molar-refractivity contribution in [1.82, 2.24) is 0 Å². The molecule has 0 saturated heterocycles. The summed E-state index contributed by atoms with van der Waals surface area (Å²) in [5.74, 6) is -0.523. The Morgan fingerprint density at radius 1 is 0.912 bits per heavy atom. The lowest BCUT2D eigenvalue weighted by Crippen LogP contribution is -2.35. The van der Waals surface area contributed by atoms with Gasteiger partial charge in [-0.3, -0.25) is 19.7 Å². The van der Waals surface area contributed by atoms with E-state index in [0.717, 1.165) is 22.6 Å². The smallest absolute Gasteiger partial charge is 0.282 e. The SMILES string of the molecule is CCOc1ccccc1N1C(=O)C(c2ccc([N+](=O)[O-])cc2)=C(N2CCc3ccccc32)C1=O. The van der Waals surface area contributed by atoms with Crippen molar-refractivity contribution in [2.75, 3.05) is 23.0 Å². The molecule has 2 heterocycles. The molecule has 0 unspecified atom stereocenters. The second kappa shape index (κ2) is 8.47. The van der Waals surface area contributed by atoms with Crippen molar-refractivity contribution in [2.24, 2.45) is 0 Å². The van der Waals surface area contributed by atoms with Gasteiger partial charge in [0.1, 0.15) is 11.4 Å². The van der Waals surface area contributed by atoms with E-state index in [0.29, 0.717) is 30.2 Å². The lowest BCUT2D eigenvalue weighted by molar-refractivity contribution is -0.384. The molecule has 0 aromatic heterocycles. The van der Waals surface area contributed by atoms with Gasteiger partial charge < -0.3 is 9.64 Å². The average Bonchev–Trinajstić information content (AvgIpc) is 3.37. The Hall–Kier alpha value is -4.46. The topological polar surface area (TPSA) is 93.0 Å². The lowest BCUT2D eigenvalue weighted by Gasteiger charge is -2.22. The van der Waals surface area contributed by atoms with E-state index in [9.17, 15) is 19.7 Å². The number of non-ortho nitro benzene ring substituents is 1. The summed E-state index contributed by atoms with van der Waals surface area (Å²) in [5, 5.41) is 11.1. The van der Waals surface area contributed by atoms with Gasteiger partial charge in [0.2, 0.25) is 0 Å². The van der Waals surface area contributed by atoms with E-state index >= 15 is 0 Å². The Balaban J connectivity index is 1.67. The minimum Gasteiger partial charge on any atom is -0.492 e. The molecule has 3 aromatic rings. The molecule has 8 heteroatoms. The molecule has 0 fully saturated rings. The Bertz CT molecular complexity index is 1350. The molecule has 3 aromatic carbocycles. The summed E-state index contributed by atoms with van der Waals surface area (Å²) in [7, 11) is 0. The quantitative estimate of drug-likeness (QED) is 0.312. The number of fused-ring (bicyclic) bond motifs is 1. The first-order valence-electron chi connectivity index (χ1n) is 11.0. The number of ether oxygens (including phenoxy) is 1. The molecule has 170 valence electrons. The zero-order valence-electron chi connectivity index (χ0n) is 18.4. The Kier molecular flexibility index (Phi) is 5.33. The molecule has 2 aliphatic heterocycles. The lowest BCUT2D eigenvalue weighted by atomic mass is 10.0. The molecule has 0 saturated carbocycles. The van der Waals surface area contributed by atoms with E-state index < -0.39 is 16.7 Å². The second-order valence-corrected chi connectivity index (χ2v) is 7.90. The molecular formula is C26H21N3O5. The zero-order valence-corrected chi connectivity index (χ0v) is 18.4. The largest absolute Gasteiger partial charge is 0.492 e. The molecule has 34 heavy (non-hydrogen) atoms. The van der Waals surface area contributed by atoms with Crippen LogP contribution in [0.1, 0.15) is 18.1 Å². The fourth-order valence-corrected chi connectivity index (χ4v) is 4.49. The van der Waals surface area contributed by atoms with Gasteiger partial charge in [0.25, 0.3) is 17.5 Å². The third kappa shape index (κ3) is 3.40. The Morgan fingerprint density at radius 2 is 1.59 bits per heavy atom. The van der Waals surface area contributed by atoms with Crippen LogP contribution in [0.5, 0.6) is 5.75 Å². The first kappa shape index (κ1) is 21.4. The van der Waals surface area contributed by atoms with Crippen LogP contribution in [0.3, 0.4) is 0 Å². The number of anilines is 2. The molecule has 2 aliphatic rings. The minimum absolute atomic E-state index is 0.0901. The summed E-state index contributed by atoms with van der Waals surface area (Å²) in [6, 6.07) is 20.4. The van der Waals surface area contributed by atoms with Gasteiger partial charge in [-0.1, -0.05) is 30.3 Å². The molecule has 0 aliphatic carbocycles. The highest BCUT2D eigenvalue weighted by atomic mass is 16.6. The van der Waals surface area contributed by atoms with Gasteiger partial charge in [-0.2, -0.15) is 0 Å². The van der Waals surface area contributed by atoms with Crippen LogP contribution in [-0.2, 0) is 16.0 Å². The van der Waals surface area contributed by atoms with E-state index in [2.05, 4.69) is 0 Å². The number of rotatable bonds is 6. The van der Waals surface area contributed by atoms with E-state index in [1.165, 1.54) is 24.3 Å². The number of carbonyl (C=O) groups is 2. The standard InChI is InChI=1S/C26H21N3O5/c1-2-34-22-10-6-5-9-21(22)28-25(30)23(18-11-13-19(14-12-18)29(32)33)24(26(28)31)27-16-15-17-7-3-4-8-20(17)27/h3-14H,2,15-16H2,1H3. The first-order chi connectivity index (χ1) is 16.5. The predicted octanol–water partition coefficient (Wildman–Crippen LogP) is 4.34. The van der Waals surface area contributed by atoms with Crippen molar-refractivity contribution in [3.05, 3.63) is 99.7 Å². The molecule has 5 rings (SSSR count). The van der Waals surface area contributed by atoms with Crippen LogP contribution in [0, 0.1) is 10.1 Å². The number of amides is 2. The molecule has 0 spiro atoms. The zero-order chi connectivity index (χ0) is 23.8. The van der Waals surface area contributed by atoms with Gasteiger partial charge in [-0.25, -0.2) is 4.90 Å². The summed E-state index contributed by atoms with van der Waals surface area (Å²) < 4.78 is 5.69. The number of benzene rings is 3. The van der Waals surface area contributed by atoms with Crippen LogP contribution in [0.25, 0.3) is 5.57 Å². The van der Waals surface area contributed by atoms with Crippen LogP contribution in [0.2, 0.25) is 0 Å². The van der Waals surface area contributed by atoms with Crippen molar-refractivity contribution >= 4 is 34.4 Å². The maximum atomic E-state index is 13.9. The number of hydrogen-bond acceptors (Lipinski definition) is 6. The molecule has 8 nitrogen and oxygen atoms in total. The summed E-state index contributed by atoms with van der Waals surface area (Å²) in [4.78, 5) is 41.3. The number of nitro groups is 1. The van der Waals surface area contributed by atoms with Crippen molar-refractivity contribution in [2.45, 2.75) is 13.3 Å². The maximum Gasteiger partial charge on any atom is 0.282 e. The molecule has 0 radical (unpaired) electrons. The maximum absolute atomic E-state index is 13.9. The van der Waals surface area contributed by atoms with Gasteiger partial charge in [-0.05, 0) is 54.8 Å². The number of nitrogens with zero attached hydrogens (tertiary/aromatic N) is 3. The van der Waals surface area contributed by atoms with E-state index in [1.54, 1.807) is 24.3 Å². The van der Waals surface area contributed by atoms with Crippen LogP contribution in [-0.4, -0.2) is 29.9 Å². The number of nitro benzene ring substituents is 1. The van der Waals surface area contributed by atoms with Gasteiger partial charge in [0.05, 0.1) is 22.8 Å². The van der Waals surface area contributed by atoms with Gasteiger partial charge in [0, 0.05) is 24.4 Å². The predicted molar refractivity (Wildman–Crippen MR) is 128 cm³/mol. The van der Waals surface area contributed by atoms with Crippen molar-refractivity contribution in [3.63, 3.8) is 0 Å². The van der Waals surface area contributed by atoms with Gasteiger partial charge >= 0.3 is 0 Å². The third-order valence-corrected chi connectivity index (χ3v) is 5.99. The average molecular weight is 455 g/mol. The van der Waals surface area contributed by atoms with Crippen LogP contribution < -0.4 is 14.5 Å². The summed E-state index contributed by atoms with van der Waals surface area (Å²) in [5.41, 5.74) is 3.15. The minimum atomic E-state index is -0.498. The third-order valence-electron chi connectivity index (χ3n) is 5.99. The Labute approximate surface area is 195 Å². The van der Waals surface area contributed by atoms with Gasteiger partial charge in [-0.15, -0.1) is 0 Å². The van der Waals surface area contributed by atoms with E-state index in [4.69, 9.17) is 4.74 Å². The fourth-order valence-electron chi connectivity index (χ4n) is 4.49. The fraction of sp³-hybridized carbons (Fsp3) is 0.154. The second-order valence-electron chi connectivity index (χ2n) is 7.90. The highest BCUT2D eigenvalue weighted by Crippen LogP contribution is 2.42.